The van der Waals surface area contributed by atoms with Crippen molar-refractivity contribution in [3.63, 3.8) is 0 Å². The summed E-state index contributed by atoms with van der Waals surface area (Å²) < 4.78 is 0. The number of carbonyl (C=O) groups excluding carboxylic acids is 1. The van der Waals surface area contributed by atoms with Gasteiger partial charge >= 0.3 is 0 Å². The fourth-order valence-corrected chi connectivity index (χ4v) is 2.75. The Balaban J connectivity index is 2.12. The zero-order valence-electron chi connectivity index (χ0n) is 13.4. The van der Waals surface area contributed by atoms with Crippen molar-refractivity contribution in [1.29, 1.82) is 0 Å². The Hall–Kier alpha value is -2.87. The topological polar surface area (TPSA) is 20.3 Å². The van der Waals surface area contributed by atoms with Crippen LogP contribution in [0.1, 0.15) is 15.9 Å². The van der Waals surface area contributed by atoms with Crippen molar-refractivity contribution >= 4 is 11.5 Å². The van der Waals surface area contributed by atoms with E-state index in [0.717, 1.165) is 27.9 Å². The van der Waals surface area contributed by atoms with Crippen LogP contribution in [-0.4, -0.2) is 19.9 Å². The molecule has 0 atom stereocenters. The summed E-state index contributed by atoms with van der Waals surface area (Å²) in [7, 11) is 3.91. The first-order valence-electron chi connectivity index (χ1n) is 7.64. The molecule has 0 saturated heterocycles. The van der Waals surface area contributed by atoms with Crippen molar-refractivity contribution < 1.29 is 4.79 Å². The molecule has 0 N–H and O–H groups in total. The highest BCUT2D eigenvalue weighted by Gasteiger charge is 2.17. The summed E-state index contributed by atoms with van der Waals surface area (Å²) in [5.74, 6) is 0.0498. The second-order valence-corrected chi connectivity index (χ2v) is 5.65. The SMILES string of the molecule is CN(C)c1ccccc1C(=O)c1ccccc1-c1ccccc1. The molecule has 0 bridgehead atoms. The highest BCUT2D eigenvalue weighted by Crippen LogP contribution is 2.28. The number of nitrogens with zero attached hydrogens (tertiary/aromatic N) is 1. The predicted octanol–water partition coefficient (Wildman–Crippen LogP) is 4.65. The number of rotatable bonds is 4. The van der Waals surface area contributed by atoms with Gasteiger partial charge in [0.1, 0.15) is 0 Å². The fraction of sp³-hybridized carbons (Fsp3) is 0.0952. The lowest BCUT2D eigenvalue weighted by atomic mass is 9.93. The molecule has 0 spiro atoms. The lowest BCUT2D eigenvalue weighted by molar-refractivity contribution is 0.104. The van der Waals surface area contributed by atoms with E-state index < -0.39 is 0 Å². The number of anilines is 1. The van der Waals surface area contributed by atoms with Crippen LogP contribution >= 0.6 is 0 Å². The minimum atomic E-state index is 0.0498. The maximum absolute atomic E-state index is 13.1. The average molecular weight is 301 g/mol. The van der Waals surface area contributed by atoms with Crippen molar-refractivity contribution in [2.75, 3.05) is 19.0 Å². The Labute approximate surface area is 137 Å². The number of para-hydroxylation sites is 1. The molecule has 3 rings (SSSR count). The van der Waals surface area contributed by atoms with Crippen LogP contribution in [0.5, 0.6) is 0 Å². The van der Waals surface area contributed by atoms with Gasteiger partial charge in [0.15, 0.2) is 5.78 Å². The summed E-state index contributed by atoms with van der Waals surface area (Å²) in [4.78, 5) is 15.1. The third-order valence-electron chi connectivity index (χ3n) is 3.89. The van der Waals surface area contributed by atoms with Gasteiger partial charge in [0, 0.05) is 30.9 Å². The molecule has 0 saturated carbocycles. The average Bonchev–Trinajstić information content (AvgIpc) is 2.62. The second-order valence-electron chi connectivity index (χ2n) is 5.65. The Morgan fingerprint density at radius 3 is 1.96 bits per heavy atom. The zero-order chi connectivity index (χ0) is 16.2. The van der Waals surface area contributed by atoms with Gasteiger partial charge in [0.05, 0.1) is 0 Å². The molecule has 2 nitrogen and oxygen atoms in total. The largest absolute Gasteiger partial charge is 0.377 e. The summed E-state index contributed by atoms with van der Waals surface area (Å²) in [5.41, 5.74) is 4.40. The molecule has 0 aliphatic heterocycles. The summed E-state index contributed by atoms with van der Waals surface area (Å²) in [6.45, 7) is 0. The van der Waals surface area contributed by atoms with Crippen LogP contribution in [0.15, 0.2) is 78.9 Å². The Morgan fingerprint density at radius 2 is 1.26 bits per heavy atom. The number of benzene rings is 3. The van der Waals surface area contributed by atoms with Crippen LogP contribution in [0.3, 0.4) is 0 Å². The summed E-state index contributed by atoms with van der Waals surface area (Å²) in [6.07, 6.45) is 0. The van der Waals surface area contributed by atoms with Crippen molar-refractivity contribution in [1.82, 2.24) is 0 Å². The Kier molecular flexibility index (Phi) is 4.24. The van der Waals surface area contributed by atoms with Crippen LogP contribution in [-0.2, 0) is 0 Å². The molecule has 0 amide bonds. The van der Waals surface area contributed by atoms with E-state index in [1.54, 1.807) is 0 Å². The van der Waals surface area contributed by atoms with Gasteiger partial charge in [-0.2, -0.15) is 0 Å². The van der Waals surface area contributed by atoms with Crippen LogP contribution in [0.2, 0.25) is 0 Å². The molecule has 0 aromatic heterocycles. The van der Waals surface area contributed by atoms with Crippen molar-refractivity contribution in [3.05, 3.63) is 90.0 Å². The minimum absolute atomic E-state index is 0.0498. The highest BCUT2D eigenvalue weighted by molar-refractivity contribution is 6.15. The molecule has 3 aromatic rings. The second kappa shape index (κ2) is 6.49. The molecule has 0 radical (unpaired) electrons. The van der Waals surface area contributed by atoms with Gasteiger partial charge in [0.25, 0.3) is 0 Å². The Morgan fingerprint density at radius 1 is 0.696 bits per heavy atom. The standard InChI is InChI=1S/C21H19NO/c1-22(2)20-15-9-8-14-19(20)21(23)18-13-7-6-12-17(18)16-10-4-3-5-11-16/h3-15H,1-2H3. The highest BCUT2D eigenvalue weighted by atomic mass is 16.1. The molecule has 23 heavy (non-hydrogen) atoms. The van der Waals surface area contributed by atoms with E-state index in [4.69, 9.17) is 0 Å². The molecular weight excluding hydrogens is 282 g/mol. The van der Waals surface area contributed by atoms with E-state index in [1.165, 1.54) is 0 Å². The molecular formula is C21H19NO. The molecule has 114 valence electrons. The first-order valence-corrected chi connectivity index (χ1v) is 7.64. The zero-order valence-corrected chi connectivity index (χ0v) is 13.4. The van der Waals surface area contributed by atoms with Gasteiger partial charge < -0.3 is 4.90 Å². The van der Waals surface area contributed by atoms with E-state index in [-0.39, 0.29) is 5.78 Å². The first-order chi connectivity index (χ1) is 11.2. The lowest BCUT2D eigenvalue weighted by Crippen LogP contribution is -2.14. The van der Waals surface area contributed by atoms with Gasteiger partial charge in [0.2, 0.25) is 0 Å². The van der Waals surface area contributed by atoms with E-state index in [0.29, 0.717) is 0 Å². The maximum Gasteiger partial charge on any atom is 0.195 e. The summed E-state index contributed by atoms with van der Waals surface area (Å²) >= 11 is 0. The lowest BCUT2D eigenvalue weighted by Gasteiger charge is -2.17. The van der Waals surface area contributed by atoms with Crippen LogP contribution in [0, 0.1) is 0 Å². The van der Waals surface area contributed by atoms with E-state index in [2.05, 4.69) is 0 Å². The van der Waals surface area contributed by atoms with Crippen LogP contribution in [0.25, 0.3) is 11.1 Å². The molecule has 0 unspecified atom stereocenters. The normalized spacial score (nSPS) is 10.3. The monoisotopic (exact) mass is 301 g/mol. The van der Waals surface area contributed by atoms with Gasteiger partial charge in [-0.05, 0) is 23.3 Å². The van der Waals surface area contributed by atoms with Crippen LogP contribution in [0.4, 0.5) is 5.69 Å². The minimum Gasteiger partial charge on any atom is -0.377 e. The molecule has 0 aliphatic carbocycles. The van der Waals surface area contributed by atoms with Crippen LogP contribution < -0.4 is 4.90 Å². The molecule has 2 heteroatoms. The predicted molar refractivity (Wildman–Crippen MR) is 96.1 cm³/mol. The first kappa shape index (κ1) is 15.0. The third kappa shape index (κ3) is 3.02. The van der Waals surface area contributed by atoms with Gasteiger partial charge in [-0.1, -0.05) is 66.7 Å². The summed E-state index contributed by atoms with van der Waals surface area (Å²) in [5, 5.41) is 0. The molecule has 0 aliphatic rings. The smallest absolute Gasteiger partial charge is 0.195 e. The van der Waals surface area contributed by atoms with Crippen molar-refractivity contribution in [3.8, 4) is 11.1 Å². The fourth-order valence-electron chi connectivity index (χ4n) is 2.75. The third-order valence-corrected chi connectivity index (χ3v) is 3.89. The summed E-state index contributed by atoms with van der Waals surface area (Å²) in [6, 6.07) is 25.5. The van der Waals surface area contributed by atoms with E-state index in [9.17, 15) is 4.79 Å². The van der Waals surface area contributed by atoms with Gasteiger partial charge in [-0.25, -0.2) is 0 Å². The van der Waals surface area contributed by atoms with E-state index in [1.807, 2.05) is 97.9 Å². The number of ketones is 1. The molecule has 3 aromatic carbocycles. The number of hydrogen-bond donors (Lipinski definition) is 0. The number of carbonyl (C=O) groups is 1. The van der Waals surface area contributed by atoms with Crippen molar-refractivity contribution in [2.45, 2.75) is 0 Å². The molecule has 0 heterocycles. The molecule has 0 fully saturated rings. The van der Waals surface area contributed by atoms with Gasteiger partial charge in [-0.15, -0.1) is 0 Å². The Bertz CT molecular complexity index is 822. The van der Waals surface area contributed by atoms with Crippen molar-refractivity contribution in [2.24, 2.45) is 0 Å². The van der Waals surface area contributed by atoms with Gasteiger partial charge in [-0.3, -0.25) is 4.79 Å². The quantitative estimate of drug-likeness (QED) is 0.654. The van der Waals surface area contributed by atoms with E-state index >= 15 is 0 Å². The number of hydrogen-bond acceptors (Lipinski definition) is 2. The maximum atomic E-state index is 13.1.